The van der Waals surface area contributed by atoms with Crippen molar-refractivity contribution in [3.63, 3.8) is 0 Å². The highest BCUT2D eigenvalue weighted by Gasteiger charge is 2.19. The van der Waals surface area contributed by atoms with E-state index < -0.39 is 5.91 Å². The van der Waals surface area contributed by atoms with Gasteiger partial charge in [0.25, 0.3) is 0 Å². The van der Waals surface area contributed by atoms with E-state index in [2.05, 4.69) is 4.98 Å². The molecule has 0 unspecified atom stereocenters. The molecule has 4 heteroatoms. The van der Waals surface area contributed by atoms with Gasteiger partial charge >= 0.3 is 0 Å². The molecular formula is C17H15N3O. The molecule has 3 rings (SSSR count). The lowest BCUT2D eigenvalue weighted by Crippen LogP contribution is -2.30. The molecule has 0 spiro atoms. The number of fused-ring (bicyclic) bond motifs is 1. The van der Waals surface area contributed by atoms with E-state index in [9.17, 15) is 4.79 Å². The largest absolute Gasteiger partial charge is 0.366 e. The van der Waals surface area contributed by atoms with E-state index in [4.69, 9.17) is 5.73 Å². The number of benzene rings is 1. The second-order valence-corrected chi connectivity index (χ2v) is 4.80. The van der Waals surface area contributed by atoms with Crippen molar-refractivity contribution in [3.8, 4) is 0 Å². The first-order valence-corrected chi connectivity index (χ1v) is 6.69. The number of hydrogen-bond acceptors (Lipinski definition) is 3. The van der Waals surface area contributed by atoms with Gasteiger partial charge in [0.1, 0.15) is 5.82 Å². The Morgan fingerprint density at radius 2 is 2.00 bits per heavy atom. The zero-order valence-electron chi connectivity index (χ0n) is 11.4. The fourth-order valence-corrected chi connectivity index (χ4v) is 2.27. The number of carbonyl (C=O) groups is 1. The van der Waals surface area contributed by atoms with Crippen LogP contribution in [0.15, 0.2) is 60.4 Å². The Balaban J connectivity index is 1.94. The molecule has 104 valence electrons. The van der Waals surface area contributed by atoms with Crippen molar-refractivity contribution in [1.29, 1.82) is 0 Å². The Bertz CT molecular complexity index is 720. The average molecular weight is 277 g/mol. The first-order chi connectivity index (χ1) is 10.2. The van der Waals surface area contributed by atoms with Crippen LogP contribution in [0.4, 0.5) is 5.82 Å². The maximum Gasteiger partial charge on any atom is 0.246 e. The highest BCUT2D eigenvalue weighted by atomic mass is 16.1. The predicted molar refractivity (Wildman–Crippen MR) is 84.2 cm³/mol. The molecule has 2 N–H and O–H groups in total. The van der Waals surface area contributed by atoms with Crippen molar-refractivity contribution in [2.24, 2.45) is 5.73 Å². The molecule has 21 heavy (non-hydrogen) atoms. The fourth-order valence-electron chi connectivity index (χ4n) is 2.27. The first kappa shape index (κ1) is 13.1. The zero-order valence-corrected chi connectivity index (χ0v) is 11.4. The molecule has 0 fully saturated rings. The van der Waals surface area contributed by atoms with Gasteiger partial charge in [0, 0.05) is 23.5 Å². The van der Waals surface area contributed by atoms with E-state index in [1.807, 2.05) is 59.6 Å². The number of amides is 1. The van der Waals surface area contributed by atoms with Gasteiger partial charge in [-0.2, -0.15) is 0 Å². The van der Waals surface area contributed by atoms with E-state index in [0.717, 1.165) is 16.9 Å². The van der Waals surface area contributed by atoms with Crippen molar-refractivity contribution < 1.29 is 4.79 Å². The summed E-state index contributed by atoms with van der Waals surface area (Å²) in [5.41, 5.74) is 7.98. The van der Waals surface area contributed by atoms with Crippen LogP contribution in [0.3, 0.4) is 0 Å². The molecule has 2 aromatic rings. The topological polar surface area (TPSA) is 59.2 Å². The summed E-state index contributed by atoms with van der Waals surface area (Å²) in [5.74, 6) is 0.428. The summed E-state index contributed by atoms with van der Waals surface area (Å²) in [6, 6.07) is 13.7. The van der Waals surface area contributed by atoms with Crippen LogP contribution in [0, 0.1) is 0 Å². The van der Waals surface area contributed by atoms with Crippen molar-refractivity contribution in [2.45, 2.75) is 0 Å². The molecule has 0 saturated heterocycles. The van der Waals surface area contributed by atoms with Crippen LogP contribution >= 0.6 is 0 Å². The lowest BCUT2D eigenvalue weighted by molar-refractivity contribution is -0.114. The number of nitrogens with zero attached hydrogens (tertiary/aromatic N) is 2. The SMILES string of the molecule is NC(=O)C1=Cc2cccnc2N(C=Cc2ccccc2)C1. The summed E-state index contributed by atoms with van der Waals surface area (Å²) < 4.78 is 0. The van der Waals surface area contributed by atoms with E-state index in [-0.39, 0.29) is 0 Å². The number of aromatic nitrogens is 1. The molecule has 1 aromatic heterocycles. The fraction of sp³-hybridized carbons (Fsp3) is 0.0588. The summed E-state index contributed by atoms with van der Waals surface area (Å²) >= 11 is 0. The Kier molecular flexibility index (Phi) is 3.51. The average Bonchev–Trinajstić information content (AvgIpc) is 2.53. The minimum atomic E-state index is -0.400. The van der Waals surface area contributed by atoms with E-state index in [1.54, 1.807) is 12.3 Å². The third kappa shape index (κ3) is 2.84. The summed E-state index contributed by atoms with van der Waals surface area (Å²) in [6.45, 7) is 0.433. The van der Waals surface area contributed by atoms with Gasteiger partial charge in [0.15, 0.2) is 0 Å². The Morgan fingerprint density at radius 1 is 1.19 bits per heavy atom. The van der Waals surface area contributed by atoms with Crippen molar-refractivity contribution in [3.05, 3.63) is 71.6 Å². The van der Waals surface area contributed by atoms with Crippen LogP contribution in [0.5, 0.6) is 0 Å². The van der Waals surface area contributed by atoms with Crippen molar-refractivity contribution in [1.82, 2.24) is 4.98 Å². The van der Waals surface area contributed by atoms with Crippen molar-refractivity contribution >= 4 is 23.9 Å². The molecular weight excluding hydrogens is 262 g/mol. The summed E-state index contributed by atoms with van der Waals surface area (Å²) in [7, 11) is 0. The van der Waals surface area contributed by atoms with Gasteiger partial charge in [-0.1, -0.05) is 30.3 Å². The minimum Gasteiger partial charge on any atom is -0.366 e. The highest BCUT2D eigenvalue weighted by molar-refractivity contribution is 5.99. The number of rotatable bonds is 3. The van der Waals surface area contributed by atoms with Crippen LogP contribution in [0.1, 0.15) is 11.1 Å². The highest BCUT2D eigenvalue weighted by Crippen LogP contribution is 2.26. The van der Waals surface area contributed by atoms with Crippen LogP contribution in [0.25, 0.3) is 12.2 Å². The molecule has 4 nitrogen and oxygen atoms in total. The molecule has 1 aliphatic heterocycles. The molecule has 0 atom stereocenters. The Labute approximate surface area is 123 Å². The first-order valence-electron chi connectivity index (χ1n) is 6.69. The van der Waals surface area contributed by atoms with Crippen LogP contribution < -0.4 is 10.6 Å². The van der Waals surface area contributed by atoms with E-state index in [1.165, 1.54) is 0 Å². The predicted octanol–water partition coefficient (Wildman–Crippen LogP) is 2.44. The van der Waals surface area contributed by atoms with Gasteiger partial charge < -0.3 is 10.6 Å². The third-order valence-electron chi connectivity index (χ3n) is 3.32. The number of hydrogen-bond donors (Lipinski definition) is 1. The molecule has 0 saturated carbocycles. The van der Waals surface area contributed by atoms with E-state index in [0.29, 0.717) is 12.1 Å². The minimum absolute atomic E-state index is 0.400. The van der Waals surface area contributed by atoms with Crippen LogP contribution in [0.2, 0.25) is 0 Å². The summed E-state index contributed by atoms with van der Waals surface area (Å²) in [5, 5.41) is 0. The molecule has 1 aliphatic rings. The normalized spacial score (nSPS) is 13.9. The lowest BCUT2D eigenvalue weighted by atomic mass is 10.1. The Morgan fingerprint density at radius 3 is 2.76 bits per heavy atom. The third-order valence-corrected chi connectivity index (χ3v) is 3.32. The molecule has 2 heterocycles. The standard InChI is InChI=1S/C17H15N3O/c18-16(21)15-11-14-7-4-9-19-17(14)20(12-15)10-8-13-5-2-1-3-6-13/h1-11H,12H2,(H2,18,21). The van der Waals surface area contributed by atoms with Gasteiger partial charge in [-0.05, 0) is 29.8 Å². The van der Waals surface area contributed by atoms with E-state index >= 15 is 0 Å². The van der Waals surface area contributed by atoms with Gasteiger partial charge in [-0.15, -0.1) is 0 Å². The van der Waals surface area contributed by atoms with Gasteiger partial charge in [0.2, 0.25) is 5.91 Å². The lowest BCUT2D eigenvalue weighted by Gasteiger charge is -2.26. The second-order valence-electron chi connectivity index (χ2n) is 4.80. The number of anilines is 1. The van der Waals surface area contributed by atoms with Gasteiger partial charge in [0.05, 0.1) is 6.54 Å². The number of carbonyl (C=O) groups excluding carboxylic acids is 1. The molecule has 1 amide bonds. The summed E-state index contributed by atoms with van der Waals surface area (Å²) in [6.07, 6.45) is 7.46. The monoisotopic (exact) mass is 277 g/mol. The van der Waals surface area contributed by atoms with Crippen LogP contribution in [-0.4, -0.2) is 17.4 Å². The quantitative estimate of drug-likeness (QED) is 0.937. The van der Waals surface area contributed by atoms with Gasteiger partial charge in [-0.3, -0.25) is 4.79 Å². The van der Waals surface area contributed by atoms with Crippen LogP contribution in [-0.2, 0) is 4.79 Å². The van der Waals surface area contributed by atoms with Gasteiger partial charge in [-0.25, -0.2) is 4.98 Å². The molecule has 0 aliphatic carbocycles. The molecule has 0 bridgehead atoms. The molecule has 0 radical (unpaired) electrons. The molecule has 1 aromatic carbocycles. The summed E-state index contributed by atoms with van der Waals surface area (Å²) in [4.78, 5) is 17.8. The Hall–Kier alpha value is -2.88. The zero-order chi connectivity index (χ0) is 14.7. The number of primary amides is 1. The van der Waals surface area contributed by atoms with Crippen molar-refractivity contribution in [2.75, 3.05) is 11.4 Å². The maximum absolute atomic E-state index is 11.5. The second kappa shape index (κ2) is 5.63. The number of nitrogens with two attached hydrogens (primary N) is 1. The maximum atomic E-state index is 11.5. The smallest absolute Gasteiger partial charge is 0.246 e. The number of pyridine rings is 1.